The van der Waals surface area contributed by atoms with Gasteiger partial charge in [0.2, 0.25) is 0 Å². The number of hydrogen-bond acceptors (Lipinski definition) is 1. The fraction of sp³-hybridized carbons (Fsp3) is 0. The number of aromatic nitrogens is 2. The molecule has 0 radical (unpaired) electrons. The smallest absolute Gasteiger partial charge is 0.136 e. The second-order valence-corrected chi connectivity index (χ2v) is 13.3. The first-order valence-corrected chi connectivity index (χ1v) is 16.9. The normalized spacial score (nSPS) is 12.5. The van der Waals surface area contributed by atoms with E-state index in [0.29, 0.717) is 0 Å². The van der Waals surface area contributed by atoms with E-state index in [1.54, 1.807) is 0 Å². The maximum absolute atomic E-state index is 6.48. The molecule has 0 fully saturated rings. The van der Waals surface area contributed by atoms with Crippen molar-refractivity contribution in [3.63, 3.8) is 0 Å². The van der Waals surface area contributed by atoms with Crippen LogP contribution in [0.25, 0.3) is 110 Å². The molecule has 0 aliphatic heterocycles. The predicted octanol–water partition coefficient (Wildman–Crippen LogP) is 12.6. The molecule has 49 heavy (non-hydrogen) atoms. The molecule has 0 amide bonds. The second-order valence-electron chi connectivity index (χ2n) is 13.3. The third-order valence-corrected chi connectivity index (χ3v) is 10.8. The van der Waals surface area contributed by atoms with Crippen LogP contribution in [0.2, 0.25) is 0 Å². The van der Waals surface area contributed by atoms with Gasteiger partial charge in [0.05, 0.1) is 22.1 Å². The van der Waals surface area contributed by atoms with Crippen LogP contribution in [0, 0.1) is 0 Å². The van der Waals surface area contributed by atoms with Crippen molar-refractivity contribution in [1.82, 2.24) is 9.13 Å². The first-order valence-electron chi connectivity index (χ1n) is 16.9. The standard InChI is InChI=1S/C46H26N2O/c1-2-12-28(13-3-1)47-38-19-8-6-16-32(38)34-21-22-36-43-39(23-24-41-44(43)35-17-7-9-20-40(35)49-41)48(46(36)45(34)47)29-25-27-11-10-18-33-30-14-4-5-15-31(30)37(26-29)42(27)33/h1-26H. The highest BCUT2D eigenvalue weighted by Gasteiger charge is 2.26. The summed E-state index contributed by atoms with van der Waals surface area (Å²) in [6, 6.07) is 57.5. The van der Waals surface area contributed by atoms with Crippen molar-refractivity contribution < 1.29 is 4.42 Å². The largest absolute Gasteiger partial charge is 0.456 e. The predicted molar refractivity (Wildman–Crippen MR) is 204 cm³/mol. The van der Waals surface area contributed by atoms with Crippen LogP contribution in [0.1, 0.15) is 0 Å². The summed E-state index contributed by atoms with van der Waals surface area (Å²) >= 11 is 0. The number of fused-ring (bicyclic) bond motifs is 14. The third-order valence-electron chi connectivity index (χ3n) is 10.8. The Bertz CT molecular complexity index is 3210. The molecular weight excluding hydrogens is 597 g/mol. The molecule has 0 N–H and O–H groups in total. The summed E-state index contributed by atoms with van der Waals surface area (Å²) in [4.78, 5) is 0. The fourth-order valence-electron chi connectivity index (χ4n) is 8.90. The van der Waals surface area contributed by atoms with Gasteiger partial charge in [0.1, 0.15) is 11.2 Å². The molecule has 11 aromatic rings. The zero-order chi connectivity index (χ0) is 31.8. The number of hydrogen-bond donors (Lipinski definition) is 0. The van der Waals surface area contributed by atoms with Gasteiger partial charge in [0, 0.05) is 43.7 Å². The number of furan rings is 1. The fourth-order valence-corrected chi connectivity index (χ4v) is 8.90. The van der Waals surface area contributed by atoms with Gasteiger partial charge < -0.3 is 13.6 Å². The second kappa shape index (κ2) is 9.06. The van der Waals surface area contributed by atoms with Crippen molar-refractivity contribution in [2.45, 2.75) is 0 Å². The Hall–Kier alpha value is -6.58. The Labute approximate surface area is 280 Å². The molecule has 0 atom stereocenters. The van der Waals surface area contributed by atoms with Gasteiger partial charge in [-0.1, -0.05) is 109 Å². The van der Waals surface area contributed by atoms with E-state index >= 15 is 0 Å². The molecule has 1 aliphatic carbocycles. The SMILES string of the molecule is c1ccc(-n2c3ccccc3c3ccc4c5c6c(ccc5n(-c5cc7c8c(cccc8c5)-c5ccccc5-7)c4c32)oc2ccccc26)cc1. The minimum absolute atomic E-state index is 0.909. The van der Waals surface area contributed by atoms with Crippen molar-refractivity contribution in [3.8, 4) is 33.6 Å². The molecule has 0 bridgehead atoms. The topological polar surface area (TPSA) is 23.0 Å². The van der Waals surface area contributed by atoms with Gasteiger partial charge in [-0.2, -0.15) is 0 Å². The lowest BCUT2D eigenvalue weighted by molar-refractivity contribution is 0.669. The summed E-state index contributed by atoms with van der Waals surface area (Å²) in [6.45, 7) is 0. The van der Waals surface area contributed by atoms with E-state index in [2.05, 4.69) is 167 Å². The third kappa shape index (κ3) is 3.17. The summed E-state index contributed by atoms with van der Waals surface area (Å²) in [5, 5.41) is 9.80. The van der Waals surface area contributed by atoms with E-state index in [9.17, 15) is 0 Å². The summed E-state index contributed by atoms with van der Waals surface area (Å²) in [5.74, 6) is 0. The van der Waals surface area contributed by atoms with Crippen molar-refractivity contribution >= 4 is 76.3 Å². The molecule has 0 unspecified atom stereocenters. The number of nitrogens with zero attached hydrogens (tertiary/aromatic N) is 2. The molecule has 3 aromatic heterocycles. The number of rotatable bonds is 2. The van der Waals surface area contributed by atoms with Gasteiger partial charge in [-0.25, -0.2) is 0 Å². The molecular formula is C46H26N2O. The monoisotopic (exact) mass is 622 g/mol. The molecule has 3 nitrogen and oxygen atoms in total. The molecule has 8 aromatic carbocycles. The first kappa shape index (κ1) is 25.5. The average Bonchev–Trinajstić information content (AvgIpc) is 3.89. The number of benzene rings is 8. The Balaban J connectivity index is 1.35. The minimum Gasteiger partial charge on any atom is -0.456 e. The molecule has 1 aliphatic rings. The summed E-state index contributed by atoms with van der Waals surface area (Å²) in [6.07, 6.45) is 0. The quantitative estimate of drug-likeness (QED) is 0.188. The van der Waals surface area contributed by atoms with Crippen LogP contribution >= 0.6 is 0 Å². The molecule has 0 spiro atoms. The lowest BCUT2D eigenvalue weighted by Gasteiger charge is -2.14. The lowest BCUT2D eigenvalue weighted by Crippen LogP contribution is -1.99. The summed E-state index contributed by atoms with van der Waals surface area (Å²) in [7, 11) is 0. The maximum Gasteiger partial charge on any atom is 0.136 e. The zero-order valence-corrected chi connectivity index (χ0v) is 26.3. The van der Waals surface area contributed by atoms with E-state index in [1.807, 2.05) is 0 Å². The summed E-state index contributed by atoms with van der Waals surface area (Å²) in [5.41, 5.74) is 14.1. The Morgan fingerprint density at radius 2 is 1.04 bits per heavy atom. The highest BCUT2D eigenvalue weighted by molar-refractivity contribution is 6.32. The van der Waals surface area contributed by atoms with Crippen molar-refractivity contribution in [2.24, 2.45) is 0 Å². The van der Waals surface area contributed by atoms with Crippen molar-refractivity contribution in [2.75, 3.05) is 0 Å². The first-order chi connectivity index (χ1) is 24.3. The lowest BCUT2D eigenvalue weighted by atomic mass is 10.0. The van der Waals surface area contributed by atoms with Crippen LogP contribution in [0.4, 0.5) is 0 Å². The van der Waals surface area contributed by atoms with Crippen LogP contribution in [-0.4, -0.2) is 9.13 Å². The van der Waals surface area contributed by atoms with E-state index in [-0.39, 0.29) is 0 Å². The van der Waals surface area contributed by atoms with Crippen LogP contribution < -0.4 is 0 Å². The van der Waals surface area contributed by atoms with E-state index < -0.39 is 0 Å². The van der Waals surface area contributed by atoms with Crippen LogP contribution in [0.15, 0.2) is 162 Å². The van der Waals surface area contributed by atoms with Crippen LogP contribution in [0.3, 0.4) is 0 Å². The van der Waals surface area contributed by atoms with Gasteiger partial charge in [0.15, 0.2) is 0 Å². The highest BCUT2D eigenvalue weighted by Crippen LogP contribution is 2.50. The molecule has 226 valence electrons. The van der Waals surface area contributed by atoms with E-state index in [4.69, 9.17) is 4.42 Å². The van der Waals surface area contributed by atoms with Gasteiger partial charge >= 0.3 is 0 Å². The Morgan fingerprint density at radius 1 is 0.347 bits per heavy atom. The van der Waals surface area contributed by atoms with Crippen LogP contribution in [0.5, 0.6) is 0 Å². The molecule has 3 heterocycles. The Morgan fingerprint density at radius 3 is 1.94 bits per heavy atom. The molecule has 0 saturated heterocycles. The van der Waals surface area contributed by atoms with E-state index in [1.165, 1.54) is 76.6 Å². The van der Waals surface area contributed by atoms with Gasteiger partial charge in [-0.3, -0.25) is 0 Å². The molecule has 12 rings (SSSR count). The van der Waals surface area contributed by atoms with Gasteiger partial charge in [-0.15, -0.1) is 0 Å². The van der Waals surface area contributed by atoms with Crippen molar-refractivity contribution in [1.29, 1.82) is 0 Å². The zero-order valence-electron chi connectivity index (χ0n) is 26.3. The highest BCUT2D eigenvalue weighted by atomic mass is 16.3. The maximum atomic E-state index is 6.48. The Kier molecular flexibility index (Phi) is 4.72. The van der Waals surface area contributed by atoms with Gasteiger partial charge in [0.25, 0.3) is 0 Å². The molecule has 0 saturated carbocycles. The van der Waals surface area contributed by atoms with Crippen molar-refractivity contribution in [3.05, 3.63) is 158 Å². The average molecular weight is 623 g/mol. The van der Waals surface area contributed by atoms with Crippen LogP contribution in [-0.2, 0) is 0 Å². The summed E-state index contributed by atoms with van der Waals surface area (Å²) < 4.78 is 11.5. The molecule has 3 heteroatoms. The van der Waals surface area contributed by atoms with Gasteiger partial charge in [-0.05, 0) is 81.6 Å². The minimum atomic E-state index is 0.909. The van der Waals surface area contributed by atoms with E-state index in [0.717, 1.165) is 33.3 Å². The number of para-hydroxylation sites is 3.